The van der Waals surface area contributed by atoms with Crippen LogP contribution >= 0.6 is 7.87 Å². The van der Waals surface area contributed by atoms with Gasteiger partial charge >= 0.3 is 0 Å². The largest absolute Gasteiger partial charge is 0.637 e. The molecule has 92 valence electrons. The third-order valence-corrected chi connectivity index (χ3v) is 6.14. The summed E-state index contributed by atoms with van der Waals surface area (Å²) in [6, 6.07) is 7.74. The zero-order valence-corrected chi connectivity index (χ0v) is 10.7. The van der Waals surface area contributed by atoms with Crippen molar-refractivity contribution in [2.45, 2.75) is 18.9 Å². The molecule has 1 unspecified atom stereocenters. The van der Waals surface area contributed by atoms with E-state index < -0.39 is 7.87 Å². The van der Waals surface area contributed by atoms with E-state index in [9.17, 15) is 4.89 Å². The Labute approximate surface area is 102 Å². The van der Waals surface area contributed by atoms with E-state index in [0.29, 0.717) is 12.6 Å². The molecular weight excluding hydrogens is 237 g/mol. The van der Waals surface area contributed by atoms with Crippen LogP contribution in [0.25, 0.3) is 0 Å². The van der Waals surface area contributed by atoms with Crippen molar-refractivity contribution in [1.82, 2.24) is 4.67 Å². The second kappa shape index (κ2) is 4.21. The Kier molecular flexibility index (Phi) is 2.83. The Morgan fingerprint density at radius 1 is 1.53 bits per heavy atom. The van der Waals surface area contributed by atoms with Crippen molar-refractivity contribution in [3.8, 4) is 5.75 Å². The molecule has 5 heteroatoms. The summed E-state index contributed by atoms with van der Waals surface area (Å²) in [5, 5.41) is 0.751. The second-order valence-corrected chi connectivity index (χ2v) is 6.81. The van der Waals surface area contributed by atoms with Crippen LogP contribution in [-0.2, 0) is 4.52 Å². The minimum Gasteiger partial charge on any atom is -0.637 e. The lowest BCUT2D eigenvalue weighted by atomic mass is 10.2. The Bertz CT molecular complexity index is 428. The van der Waals surface area contributed by atoms with Crippen LogP contribution in [0.2, 0.25) is 0 Å². The molecule has 0 spiro atoms. The fourth-order valence-corrected chi connectivity index (χ4v) is 5.16. The van der Waals surface area contributed by atoms with Crippen LogP contribution in [0.3, 0.4) is 0 Å². The Hall–Kier alpha value is -0.670. The zero-order valence-electron chi connectivity index (χ0n) is 9.83. The first-order valence-electron chi connectivity index (χ1n) is 5.90. The molecule has 2 fully saturated rings. The molecule has 17 heavy (non-hydrogen) atoms. The molecule has 3 rings (SSSR count). The lowest BCUT2D eigenvalue weighted by Gasteiger charge is -2.30. The van der Waals surface area contributed by atoms with E-state index in [4.69, 9.17) is 9.26 Å². The lowest BCUT2D eigenvalue weighted by molar-refractivity contribution is -0.194. The average molecular weight is 253 g/mol. The van der Waals surface area contributed by atoms with Gasteiger partial charge in [-0.25, -0.2) is 4.52 Å². The number of methoxy groups -OCH3 is 1. The van der Waals surface area contributed by atoms with E-state index in [2.05, 4.69) is 0 Å². The maximum absolute atomic E-state index is 12.9. The molecule has 0 saturated carbocycles. The zero-order chi connectivity index (χ0) is 11.9. The monoisotopic (exact) mass is 253 g/mol. The summed E-state index contributed by atoms with van der Waals surface area (Å²) < 4.78 is 12.8. The summed E-state index contributed by atoms with van der Waals surface area (Å²) in [6.07, 6.45) is 2.20. The Balaban J connectivity index is 1.96. The van der Waals surface area contributed by atoms with Gasteiger partial charge in [0.2, 0.25) is 7.87 Å². The highest BCUT2D eigenvalue weighted by Crippen LogP contribution is 2.61. The normalized spacial score (nSPS) is 32.7. The van der Waals surface area contributed by atoms with Gasteiger partial charge in [-0.05, 0) is 25.0 Å². The molecule has 2 heterocycles. The van der Waals surface area contributed by atoms with Crippen LogP contribution in [0, 0.1) is 0 Å². The topological polar surface area (TPSA) is 44.8 Å². The summed E-state index contributed by atoms with van der Waals surface area (Å²) in [7, 11) is -1.20. The van der Waals surface area contributed by atoms with E-state index in [1.165, 1.54) is 0 Å². The fourth-order valence-electron chi connectivity index (χ4n) is 2.61. The molecular formula is C12H16NO3P. The van der Waals surface area contributed by atoms with Crippen molar-refractivity contribution in [3.05, 3.63) is 24.3 Å². The molecule has 0 N–H and O–H groups in total. The Morgan fingerprint density at radius 3 is 3.24 bits per heavy atom. The van der Waals surface area contributed by atoms with Crippen LogP contribution in [0.15, 0.2) is 24.3 Å². The van der Waals surface area contributed by atoms with Gasteiger partial charge in [0.05, 0.1) is 13.2 Å². The van der Waals surface area contributed by atoms with Gasteiger partial charge in [0.25, 0.3) is 0 Å². The molecule has 0 aromatic heterocycles. The van der Waals surface area contributed by atoms with Gasteiger partial charge in [0.15, 0.2) is 0 Å². The molecule has 2 saturated heterocycles. The van der Waals surface area contributed by atoms with Crippen molar-refractivity contribution < 1.29 is 14.2 Å². The molecule has 0 radical (unpaired) electrons. The van der Waals surface area contributed by atoms with E-state index in [1.807, 2.05) is 28.9 Å². The summed E-state index contributed by atoms with van der Waals surface area (Å²) in [5.74, 6) is 0.726. The molecule has 1 aromatic rings. The standard InChI is InChI=1S/C12H16NO3P/c1-15-11-5-2-6-12(8-11)17(14)13-7-3-4-10(13)9-16-17/h2,5-6,8,10H,3-4,7,9H2,1H3/t10-,17?/m0/s1. The summed E-state index contributed by atoms with van der Waals surface area (Å²) in [6.45, 7) is 1.47. The number of fused-ring (bicyclic) bond motifs is 1. The number of rotatable bonds is 2. The summed E-state index contributed by atoms with van der Waals surface area (Å²) in [4.78, 5) is 12.9. The molecule has 0 bridgehead atoms. The average Bonchev–Trinajstić information content (AvgIpc) is 2.95. The fraction of sp³-hybridized carbons (Fsp3) is 0.500. The number of ether oxygens (including phenoxy) is 1. The number of hydrogen-bond donors (Lipinski definition) is 0. The molecule has 2 aliphatic rings. The molecule has 2 aliphatic heterocycles. The second-order valence-electron chi connectivity index (χ2n) is 4.48. The molecule has 1 aromatic carbocycles. The van der Waals surface area contributed by atoms with Gasteiger partial charge in [0, 0.05) is 12.6 Å². The first-order valence-corrected chi connectivity index (χ1v) is 7.48. The van der Waals surface area contributed by atoms with Crippen LogP contribution in [0.4, 0.5) is 0 Å². The molecule has 0 aliphatic carbocycles. The summed E-state index contributed by atoms with van der Waals surface area (Å²) >= 11 is 0. The van der Waals surface area contributed by atoms with Gasteiger partial charge in [0.1, 0.15) is 17.7 Å². The molecule has 4 nitrogen and oxygen atoms in total. The number of hydrogen-bond acceptors (Lipinski definition) is 4. The maximum atomic E-state index is 12.9. The highest BCUT2D eigenvalue weighted by molar-refractivity contribution is 7.69. The van der Waals surface area contributed by atoms with E-state index in [0.717, 1.165) is 30.4 Å². The van der Waals surface area contributed by atoms with Crippen LogP contribution in [-0.4, -0.2) is 31.0 Å². The minimum absolute atomic E-state index is 0.340. The van der Waals surface area contributed by atoms with Crippen molar-refractivity contribution >= 4 is 13.2 Å². The summed E-state index contributed by atoms with van der Waals surface area (Å²) in [5.41, 5.74) is 0. The minimum atomic E-state index is -2.81. The first kappa shape index (κ1) is 11.4. The van der Waals surface area contributed by atoms with Crippen LogP contribution in [0.1, 0.15) is 12.8 Å². The van der Waals surface area contributed by atoms with Crippen molar-refractivity contribution in [1.29, 1.82) is 0 Å². The quantitative estimate of drug-likeness (QED) is 0.736. The van der Waals surface area contributed by atoms with Gasteiger partial charge in [-0.3, -0.25) is 0 Å². The van der Waals surface area contributed by atoms with Gasteiger partial charge in [-0.2, -0.15) is 0 Å². The SMILES string of the molecule is COc1cccc([P+]2([O-])OC[C@@H]3CCCN32)c1. The highest BCUT2D eigenvalue weighted by atomic mass is 31.2. The molecule has 2 atom stereocenters. The highest BCUT2D eigenvalue weighted by Gasteiger charge is 2.52. The van der Waals surface area contributed by atoms with Crippen molar-refractivity contribution in [3.63, 3.8) is 0 Å². The first-order chi connectivity index (χ1) is 8.24. The van der Waals surface area contributed by atoms with E-state index in [-0.39, 0.29) is 0 Å². The maximum Gasteiger partial charge on any atom is 0.208 e. The van der Waals surface area contributed by atoms with E-state index >= 15 is 0 Å². The Morgan fingerprint density at radius 2 is 2.41 bits per heavy atom. The molecule has 0 amide bonds. The lowest BCUT2D eigenvalue weighted by Crippen LogP contribution is -2.35. The smallest absolute Gasteiger partial charge is 0.208 e. The third-order valence-electron chi connectivity index (χ3n) is 3.51. The number of nitrogens with zero attached hydrogens (tertiary/aromatic N) is 1. The van der Waals surface area contributed by atoms with Crippen LogP contribution < -0.4 is 14.9 Å². The van der Waals surface area contributed by atoms with E-state index in [1.54, 1.807) is 7.11 Å². The van der Waals surface area contributed by atoms with Gasteiger partial charge in [-0.15, -0.1) is 4.67 Å². The third kappa shape index (κ3) is 1.76. The van der Waals surface area contributed by atoms with Crippen molar-refractivity contribution in [2.24, 2.45) is 0 Å². The van der Waals surface area contributed by atoms with Crippen molar-refractivity contribution in [2.75, 3.05) is 20.3 Å². The van der Waals surface area contributed by atoms with Crippen LogP contribution in [0.5, 0.6) is 5.75 Å². The van der Waals surface area contributed by atoms with Gasteiger partial charge in [-0.1, -0.05) is 6.07 Å². The predicted octanol–water partition coefficient (Wildman–Crippen LogP) is 0.938. The van der Waals surface area contributed by atoms with Gasteiger partial charge < -0.3 is 9.63 Å². The predicted molar refractivity (Wildman–Crippen MR) is 65.2 cm³/mol. The number of benzene rings is 1.